The number of carbonyl (C=O) groups is 1. The average molecular weight is 1110 g/mol. The van der Waals surface area contributed by atoms with Gasteiger partial charge in [0.05, 0.1) is 39.9 Å². The summed E-state index contributed by atoms with van der Waals surface area (Å²) in [7, 11) is 1.56. The van der Waals surface area contributed by atoms with E-state index in [0.29, 0.717) is 17.4 Å². The first-order valence-electron chi connectivity index (χ1n) is 33.0. The molecule has 3 atom stereocenters. The summed E-state index contributed by atoms with van der Waals surface area (Å²) in [4.78, 5) is 23.4. The number of aliphatic hydroxyl groups is 1. The molecule has 0 rings (SSSR count). The van der Waals surface area contributed by atoms with E-state index in [-0.39, 0.29) is 19.1 Å². The number of hydrogen-bond donors (Lipinski definition) is 3. The second-order valence-electron chi connectivity index (χ2n) is 23.5. The molecule has 3 N–H and O–H groups in total. The highest BCUT2D eigenvalue weighted by molar-refractivity contribution is 7.47. The third-order valence-corrected chi connectivity index (χ3v) is 15.6. The van der Waals surface area contributed by atoms with E-state index < -0.39 is 20.0 Å². The first kappa shape index (κ1) is 75.7. The van der Waals surface area contributed by atoms with Gasteiger partial charge >= 0.3 is 7.82 Å². The molecule has 3 unspecified atom stereocenters. The van der Waals surface area contributed by atoms with Crippen molar-refractivity contribution >= 4 is 13.7 Å². The molecule has 0 aliphatic heterocycles. The van der Waals surface area contributed by atoms with Gasteiger partial charge in [-0.25, -0.2) is 4.57 Å². The smallest absolute Gasteiger partial charge is 0.387 e. The van der Waals surface area contributed by atoms with Gasteiger partial charge in [0, 0.05) is 6.42 Å². The van der Waals surface area contributed by atoms with Gasteiger partial charge in [0.2, 0.25) is 5.91 Å². The molecule has 0 radical (unpaired) electrons. The van der Waals surface area contributed by atoms with E-state index in [1.165, 1.54) is 205 Å². The Kier molecular flexibility index (Phi) is 57.5. The third kappa shape index (κ3) is 61.3. The maximum atomic E-state index is 13.0. The van der Waals surface area contributed by atoms with Crippen LogP contribution in [0, 0.1) is 0 Å². The number of hydrogen-bond acceptors (Lipinski definition) is 5. The van der Waals surface area contributed by atoms with Crippen LogP contribution in [-0.4, -0.2) is 73.4 Å². The van der Waals surface area contributed by atoms with E-state index in [2.05, 4.69) is 92.1 Å². The number of nitrogens with one attached hydrogen (secondary N) is 1. The van der Waals surface area contributed by atoms with Gasteiger partial charge in [-0.3, -0.25) is 13.8 Å². The van der Waals surface area contributed by atoms with Gasteiger partial charge < -0.3 is 19.8 Å². The van der Waals surface area contributed by atoms with Gasteiger partial charge in [0.15, 0.2) is 0 Å². The third-order valence-electron chi connectivity index (χ3n) is 14.6. The summed E-state index contributed by atoms with van der Waals surface area (Å²) in [6.07, 6.45) is 84.3. The number of rotatable bonds is 60. The van der Waals surface area contributed by atoms with E-state index in [4.69, 9.17) is 9.05 Å². The zero-order valence-electron chi connectivity index (χ0n) is 51.9. The van der Waals surface area contributed by atoms with Crippen molar-refractivity contribution in [2.45, 2.75) is 309 Å². The Morgan fingerprint density at radius 1 is 0.449 bits per heavy atom. The number of likely N-dealkylation sites (N-methyl/N-ethyl adjacent to an activating group) is 1. The van der Waals surface area contributed by atoms with Crippen LogP contribution in [0.25, 0.3) is 0 Å². The number of unbranched alkanes of at least 4 members (excludes halogenated alkanes) is 35. The number of quaternary nitrogens is 1. The summed E-state index contributed by atoms with van der Waals surface area (Å²) >= 11 is 0. The molecule has 0 saturated heterocycles. The van der Waals surface area contributed by atoms with Gasteiger partial charge in [-0.2, -0.15) is 0 Å². The lowest BCUT2D eigenvalue weighted by atomic mass is 10.0. The van der Waals surface area contributed by atoms with Crippen molar-refractivity contribution in [3.8, 4) is 0 Å². The predicted molar refractivity (Wildman–Crippen MR) is 341 cm³/mol. The van der Waals surface area contributed by atoms with E-state index in [0.717, 1.165) is 70.6 Å². The Morgan fingerprint density at radius 2 is 0.782 bits per heavy atom. The zero-order valence-corrected chi connectivity index (χ0v) is 52.8. The van der Waals surface area contributed by atoms with Gasteiger partial charge in [0.25, 0.3) is 0 Å². The minimum absolute atomic E-state index is 0.0546. The SMILES string of the molecule is CC/C=C\C/C=C\C/C=C\C/C=C\C/C=C\CCCCCCCCCCCCCCCCCCCC(=O)NC(COP(=O)(O)OCC[N+](C)(C)C)C(O)/C=C/CC/C=C/CCCCCCCCCCCCCCCCCCC. The normalized spacial score (nSPS) is 14.3. The molecule has 78 heavy (non-hydrogen) atoms. The number of amides is 1. The Morgan fingerprint density at radius 3 is 1.18 bits per heavy atom. The van der Waals surface area contributed by atoms with E-state index in [9.17, 15) is 19.4 Å². The molecule has 0 aliphatic rings. The standard InChI is InChI=1S/C69H127N2O6P/c1-6-8-10-12-14-16-18-20-22-24-26-28-30-31-32-33-34-35-36-37-38-39-41-43-45-47-49-51-53-55-57-59-61-63-69(73)70-67(66-77-78(74,75)76-65-64-71(3,4)5)68(72)62-60-58-56-54-52-50-48-46-44-42-40-29-27-25-23-21-19-17-15-13-11-9-7-2/h8,10,14,16,20,22,26,28,31-32,52,54,60,62,67-68,72H,6-7,9,11-13,15,17-19,21,23-25,27,29-30,33-51,53,55-59,61,63-66H2,1-5H3,(H-,70,73,74,75)/p+1/b10-8-,16-14-,22-20-,28-26-,32-31-,54-52+,62-60+. The summed E-state index contributed by atoms with van der Waals surface area (Å²) in [5.41, 5.74) is 0. The highest BCUT2D eigenvalue weighted by Crippen LogP contribution is 2.43. The molecule has 0 aromatic carbocycles. The van der Waals surface area contributed by atoms with Crippen molar-refractivity contribution in [2.24, 2.45) is 0 Å². The largest absolute Gasteiger partial charge is 0.472 e. The van der Waals surface area contributed by atoms with E-state index in [1.54, 1.807) is 6.08 Å². The lowest BCUT2D eigenvalue weighted by molar-refractivity contribution is -0.870. The summed E-state index contributed by atoms with van der Waals surface area (Å²) in [6, 6.07) is -0.868. The summed E-state index contributed by atoms with van der Waals surface area (Å²) in [5, 5.41) is 14.0. The van der Waals surface area contributed by atoms with Crippen LogP contribution in [-0.2, 0) is 18.4 Å². The van der Waals surface area contributed by atoms with E-state index >= 15 is 0 Å². The van der Waals surface area contributed by atoms with Crippen molar-refractivity contribution in [2.75, 3.05) is 40.9 Å². The molecule has 0 aromatic rings. The van der Waals surface area contributed by atoms with Crippen molar-refractivity contribution in [1.82, 2.24) is 5.32 Å². The summed E-state index contributed by atoms with van der Waals surface area (Å²) in [6.45, 7) is 4.71. The number of phosphoric ester groups is 1. The molecule has 0 bridgehead atoms. The number of aliphatic hydroxyl groups excluding tert-OH is 1. The van der Waals surface area contributed by atoms with Gasteiger partial charge in [-0.1, -0.05) is 298 Å². The molecule has 0 aliphatic carbocycles. The molecule has 1 amide bonds. The molecule has 0 aromatic heterocycles. The summed E-state index contributed by atoms with van der Waals surface area (Å²) in [5.74, 6) is -0.185. The fourth-order valence-electron chi connectivity index (χ4n) is 9.50. The Balaban J connectivity index is 4.12. The van der Waals surface area contributed by atoms with Crippen molar-refractivity contribution in [3.05, 3.63) is 85.1 Å². The molecular formula is C69H128N2O6P+. The number of nitrogens with zero attached hydrogens (tertiary/aromatic N) is 1. The topological polar surface area (TPSA) is 105 Å². The van der Waals surface area contributed by atoms with Crippen molar-refractivity contribution in [1.29, 1.82) is 0 Å². The predicted octanol–water partition coefficient (Wildman–Crippen LogP) is 20.8. The Bertz CT molecular complexity index is 1550. The molecule has 9 heteroatoms. The quantitative estimate of drug-likeness (QED) is 0.0243. The first-order valence-corrected chi connectivity index (χ1v) is 34.5. The zero-order chi connectivity index (χ0) is 57.0. The minimum atomic E-state index is -4.36. The number of phosphoric acid groups is 1. The van der Waals surface area contributed by atoms with Gasteiger partial charge in [0.1, 0.15) is 13.2 Å². The maximum Gasteiger partial charge on any atom is 0.472 e. The summed E-state index contributed by atoms with van der Waals surface area (Å²) < 4.78 is 23.8. The Labute approximate surface area is 484 Å². The molecule has 0 heterocycles. The Hall–Kier alpha value is -2.32. The van der Waals surface area contributed by atoms with Crippen LogP contribution in [0.4, 0.5) is 0 Å². The molecule has 0 fully saturated rings. The molecular weight excluding hydrogens is 984 g/mol. The van der Waals surface area contributed by atoms with Crippen LogP contribution in [0.5, 0.6) is 0 Å². The van der Waals surface area contributed by atoms with Crippen LogP contribution < -0.4 is 5.32 Å². The highest BCUT2D eigenvalue weighted by atomic mass is 31.2. The van der Waals surface area contributed by atoms with Crippen LogP contribution in [0.15, 0.2) is 85.1 Å². The lowest BCUT2D eigenvalue weighted by Gasteiger charge is -2.25. The van der Waals surface area contributed by atoms with Crippen LogP contribution in [0.3, 0.4) is 0 Å². The number of allylic oxidation sites excluding steroid dienone is 13. The van der Waals surface area contributed by atoms with Gasteiger partial charge in [-0.15, -0.1) is 0 Å². The lowest BCUT2D eigenvalue weighted by Crippen LogP contribution is -2.45. The van der Waals surface area contributed by atoms with E-state index in [1.807, 2.05) is 27.2 Å². The maximum absolute atomic E-state index is 13.0. The molecule has 454 valence electrons. The van der Waals surface area contributed by atoms with Crippen LogP contribution in [0.1, 0.15) is 296 Å². The molecule has 0 saturated carbocycles. The molecule has 0 spiro atoms. The minimum Gasteiger partial charge on any atom is -0.387 e. The number of carbonyl (C=O) groups excluding carboxylic acids is 1. The van der Waals surface area contributed by atoms with Crippen molar-refractivity contribution in [3.63, 3.8) is 0 Å². The van der Waals surface area contributed by atoms with Crippen LogP contribution in [0.2, 0.25) is 0 Å². The molecule has 8 nitrogen and oxygen atoms in total. The second-order valence-corrected chi connectivity index (χ2v) is 24.9. The van der Waals surface area contributed by atoms with Gasteiger partial charge in [-0.05, 0) is 77.0 Å². The van der Waals surface area contributed by atoms with Crippen LogP contribution >= 0.6 is 7.82 Å². The van der Waals surface area contributed by atoms with Crippen molar-refractivity contribution < 1.29 is 32.9 Å². The highest BCUT2D eigenvalue weighted by Gasteiger charge is 2.27. The first-order chi connectivity index (χ1) is 38.0. The fourth-order valence-corrected chi connectivity index (χ4v) is 10.2. The monoisotopic (exact) mass is 1110 g/mol. The second kappa shape index (κ2) is 59.3. The average Bonchev–Trinajstić information content (AvgIpc) is 3.41. The fraction of sp³-hybridized carbons (Fsp3) is 0.783.